The monoisotopic (exact) mass is 205 g/mol. The summed E-state index contributed by atoms with van der Waals surface area (Å²) in [5, 5.41) is 13.5. The van der Waals surface area contributed by atoms with E-state index >= 15 is 0 Å². The summed E-state index contributed by atoms with van der Waals surface area (Å²) in [5.41, 5.74) is 7.59. The molecule has 15 heavy (non-hydrogen) atoms. The van der Waals surface area contributed by atoms with Crippen molar-refractivity contribution in [2.24, 2.45) is 5.73 Å². The van der Waals surface area contributed by atoms with Crippen molar-refractivity contribution in [3.8, 4) is 5.75 Å². The number of hydrogen-bond donors (Lipinski definition) is 4. The molecule has 0 fully saturated rings. The van der Waals surface area contributed by atoms with E-state index in [4.69, 9.17) is 5.73 Å². The smallest absolute Gasteiger partial charge is 0.116 e. The maximum absolute atomic E-state index is 9.40. The number of aromatic amines is 1. The number of fused-ring (bicyclic) bond motifs is 1. The molecule has 2 rings (SSSR count). The van der Waals surface area contributed by atoms with Gasteiger partial charge in [-0.25, -0.2) is 0 Å². The standard InChI is InChI=1S/C11H15N3O/c12-7-13-4-3-8-6-14-11-2-1-9(15)5-10(8)11/h1-2,5-6,13-15H,3-4,7,12H2. The number of hydrogen-bond acceptors (Lipinski definition) is 3. The number of nitrogens with two attached hydrogens (primary N) is 1. The van der Waals surface area contributed by atoms with Gasteiger partial charge in [-0.05, 0) is 30.2 Å². The second-order valence-electron chi connectivity index (χ2n) is 3.50. The second kappa shape index (κ2) is 4.33. The van der Waals surface area contributed by atoms with Crippen LogP contribution in [-0.2, 0) is 6.42 Å². The predicted molar refractivity (Wildman–Crippen MR) is 60.7 cm³/mol. The van der Waals surface area contributed by atoms with Crippen molar-refractivity contribution < 1.29 is 5.11 Å². The molecule has 0 radical (unpaired) electrons. The minimum atomic E-state index is 0.301. The largest absolute Gasteiger partial charge is 0.508 e. The molecule has 0 aliphatic heterocycles. The number of rotatable bonds is 4. The van der Waals surface area contributed by atoms with Crippen LogP contribution in [0.2, 0.25) is 0 Å². The molecule has 0 aliphatic rings. The topological polar surface area (TPSA) is 74.1 Å². The lowest BCUT2D eigenvalue weighted by molar-refractivity contribution is 0.476. The van der Waals surface area contributed by atoms with Crippen molar-refractivity contribution in [1.82, 2.24) is 10.3 Å². The van der Waals surface area contributed by atoms with Crippen LogP contribution in [0, 0.1) is 0 Å². The lowest BCUT2D eigenvalue weighted by Crippen LogP contribution is -2.24. The minimum absolute atomic E-state index is 0.301. The van der Waals surface area contributed by atoms with Gasteiger partial charge in [-0.2, -0.15) is 0 Å². The van der Waals surface area contributed by atoms with Gasteiger partial charge >= 0.3 is 0 Å². The molecule has 0 atom stereocenters. The van der Waals surface area contributed by atoms with Crippen molar-refractivity contribution in [1.29, 1.82) is 0 Å². The summed E-state index contributed by atoms with van der Waals surface area (Å²) in [6.45, 7) is 1.34. The summed E-state index contributed by atoms with van der Waals surface area (Å²) < 4.78 is 0. The van der Waals surface area contributed by atoms with Crippen molar-refractivity contribution in [2.75, 3.05) is 13.2 Å². The Balaban J connectivity index is 2.23. The SMILES string of the molecule is NCNCCc1c[nH]c2ccc(O)cc12. The Bertz CT molecular complexity index is 450. The van der Waals surface area contributed by atoms with Gasteiger partial charge in [-0.1, -0.05) is 0 Å². The molecule has 5 N–H and O–H groups in total. The first-order valence-electron chi connectivity index (χ1n) is 5.01. The van der Waals surface area contributed by atoms with E-state index in [1.807, 2.05) is 12.3 Å². The average molecular weight is 205 g/mol. The van der Waals surface area contributed by atoms with Crippen molar-refractivity contribution in [2.45, 2.75) is 6.42 Å². The van der Waals surface area contributed by atoms with Crippen LogP contribution in [0.3, 0.4) is 0 Å². The van der Waals surface area contributed by atoms with Gasteiger partial charge in [0.1, 0.15) is 5.75 Å². The number of benzene rings is 1. The summed E-state index contributed by atoms with van der Waals surface area (Å²) in [6, 6.07) is 5.34. The van der Waals surface area contributed by atoms with Gasteiger partial charge in [0.15, 0.2) is 0 Å². The van der Waals surface area contributed by atoms with E-state index in [9.17, 15) is 5.11 Å². The van der Waals surface area contributed by atoms with E-state index in [0.29, 0.717) is 12.4 Å². The Morgan fingerprint density at radius 1 is 1.40 bits per heavy atom. The third-order valence-electron chi connectivity index (χ3n) is 2.47. The highest BCUT2D eigenvalue weighted by Crippen LogP contribution is 2.22. The van der Waals surface area contributed by atoms with Crippen LogP contribution in [0.25, 0.3) is 10.9 Å². The summed E-state index contributed by atoms with van der Waals surface area (Å²) in [6.07, 6.45) is 2.88. The minimum Gasteiger partial charge on any atom is -0.508 e. The van der Waals surface area contributed by atoms with Crippen LogP contribution in [0.5, 0.6) is 5.75 Å². The van der Waals surface area contributed by atoms with Gasteiger partial charge in [0.2, 0.25) is 0 Å². The number of phenolic OH excluding ortho intramolecular Hbond substituents is 1. The molecule has 0 bridgehead atoms. The molecule has 0 spiro atoms. The molecule has 0 unspecified atom stereocenters. The number of aromatic nitrogens is 1. The van der Waals surface area contributed by atoms with Crippen LogP contribution in [0.1, 0.15) is 5.56 Å². The normalized spacial score (nSPS) is 11.0. The summed E-state index contributed by atoms with van der Waals surface area (Å²) >= 11 is 0. The molecule has 2 aromatic rings. The first-order chi connectivity index (χ1) is 7.31. The predicted octanol–water partition coefficient (Wildman–Crippen LogP) is 0.922. The fraction of sp³-hybridized carbons (Fsp3) is 0.273. The highest BCUT2D eigenvalue weighted by Gasteiger charge is 2.03. The summed E-state index contributed by atoms with van der Waals surface area (Å²) in [7, 11) is 0. The number of phenols is 1. The lowest BCUT2D eigenvalue weighted by Gasteiger charge is -2.00. The highest BCUT2D eigenvalue weighted by molar-refractivity contribution is 5.84. The number of aromatic hydroxyl groups is 1. The quantitative estimate of drug-likeness (QED) is 0.443. The van der Waals surface area contributed by atoms with Crippen molar-refractivity contribution in [3.05, 3.63) is 30.0 Å². The van der Waals surface area contributed by atoms with Gasteiger partial charge in [-0.15, -0.1) is 0 Å². The van der Waals surface area contributed by atoms with E-state index in [1.165, 1.54) is 5.56 Å². The maximum Gasteiger partial charge on any atom is 0.116 e. The molecule has 1 aromatic heterocycles. The van der Waals surface area contributed by atoms with Gasteiger partial charge in [0, 0.05) is 30.3 Å². The van der Waals surface area contributed by atoms with E-state index in [2.05, 4.69) is 10.3 Å². The molecule has 4 heteroatoms. The van der Waals surface area contributed by atoms with Crippen LogP contribution < -0.4 is 11.1 Å². The van der Waals surface area contributed by atoms with Gasteiger partial charge in [0.25, 0.3) is 0 Å². The molecule has 0 amide bonds. The zero-order valence-electron chi connectivity index (χ0n) is 8.46. The zero-order valence-corrected chi connectivity index (χ0v) is 8.46. The molecule has 0 saturated heterocycles. The van der Waals surface area contributed by atoms with Crippen molar-refractivity contribution >= 4 is 10.9 Å². The second-order valence-corrected chi connectivity index (χ2v) is 3.50. The van der Waals surface area contributed by atoms with Crippen LogP contribution in [0.4, 0.5) is 0 Å². The fourth-order valence-corrected chi connectivity index (χ4v) is 1.70. The first kappa shape index (κ1) is 10.0. The van der Waals surface area contributed by atoms with E-state index in [-0.39, 0.29) is 0 Å². The average Bonchev–Trinajstić information content (AvgIpc) is 2.62. The van der Waals surface area contributed by atoms with Gasteiger partial charge in [-0.3, -0.25) is 0 Å². The molecule has 0 saturated carbocycles. The molecule has 80 valence electrons. The number of nitrogens with one attached hydrogen (secondary N) is 2. The van der Waals surface area contributed by atoms with Gasteiger partial charge < -0.3 is 21.1 Å². The van der Waals surface area contributed by atoms with E-state index in [1.54, 1.807) is 12.1 Å². The third-order valence-corrected chi connectivity index (χ3v) is 2.47. The lowest BCUT2D eigenvalue weighted by atomic mass is 10.1. The molecule has 4 nitrogen and oxygen atoms in total. The zero-order chi connectivity index (χ0) is 10.7. The Morgan fingerprint density at radius 2 is 2.27 bits per heavy atom. The van der Waals surface area contributed by atoms with Gasteiger partial charge in [0.05, 0.1) is 0 Å². The molecule has 1 heterocycles. The molecule has 0 aliphatic carbocycles. The Labute approximate surface area is 88.1 Å². The fourth-order valence-electron chi connectivity index (χ4n) is 1.70. The molecular weight excluding hydrogens is 190 g/mol. The van der Waals surface area contributed by atoms with Crippen LogP contribution in [-0.4, -0.2) is 23.3 Å². The van der Waals surface area contributed by atoms with Crippen LogP contribution in [0.15, 0.2) is 24.4 Å². The Kier molecular flexibility index (Phi) is 2.89. The molecular formula is C11H15N3O. The third kappa shape index (κ3) is 2.11. The number of H-pyrrole nitrogens is 1. The Morgan fingerprint density at radius 3 is 3.07 bits per heavy atom. The Hall–Kier alpha value is -1.52. The summed E-state index contributed by atoms with van der Waals surface area (Å²) in [4.78, 5) is 3.17. The van der Waals surface area contributed by atoms with E-state index < -0.39 is 0 Å². The maximum atomic E-state index is 9.40. The highest BCUT2D eigenvalue weighted by atomic mass is 16.3. The summed E-state index contributed by atoms with van der Waals surface area (Å²) in [5.74, 6) is 0.301. The molecule has 1 aromatic carbocycles. The van der Waals surface area contributed by atoms with Crippen molar-refractivity contribution in [3.63, 3.8) is 0 Å². The van der Waals surface area contributed by atoms with Crippen LogP contribution >= 0.6 is 0 Å². The van der Waals surface area contributed by atoms with E-state index in [0.717, 1.165) is 23.9 Å². The first-order valence-corrected chi connectivity index (χ1v) is 5.01.